The Morgan fingerprint density at radius 2 is 1.90 bits per heavy atom. The van der Waals surface area contributed by atoms with Gasteiger partial charge in [0.2, 0.25) is 0 Å². The van der Waals surface area contributed by atoms with Crippen molar-refractivity contribution in [3.63, 3.8) is 0 Å². The summed E-state index contributed by atoms with van der Waals surface area (Å²) < 4.78 is 14.3. The van der Waals surface area contributed by atoms with Crippen molar-refractivity contribution in [2.75, 3.05) is 5.32 Å². The lowest BCUT2D eigenvalue weighted by molar-refractivity contribution is 0.624. The van der Waals surface area contributed by atoms with Crippen molar-refractivity contribution in [3.05, 3.63) is 57.8 Å². The lowest BCUT2D eigenvalue weighted by Crippen LogP contribution is -1.96. The minimum atomic E-state index is -0.457. The van der Waals surface area contributed by atoms with Crippen LogP contribution in [0.4, 0.5) is 15.8 Å². The van der Waals surface area contributed by atoms with Crippen LogP contribution < -0.4 is 5.32 Å². The van der Waals surface area contributed by atoms with Crippen LogP contribution in [0.15, 0.2) is 40.9 Å². The van der Waals surface area contributed by atoms with E-state index in [4.69, 9.17) is 5.26 Å². The zero-order valence-corrected chi connectivity index (χ0v) is 12.7. The molecule has 20 heavy (non-hydrogen) atoms. The Bertz CT molecular complexity index is 645. The number of rotatable bonds is 4. The smallest absolute Gasteiger partial charge is 0.162 e. The van der Waals surface area contributed by atoms with E-state index in [1.165, 1.54) is 5.56 Å². The molecule has 0 amide bonds. The first kappa shape index (κ1) is 14.5. The van der Waals surface area contributed by atoms with E-state index in [1.54, 1.807) is 12.1 Å². The molecule has 0 heterocycles. The summed E-state index contributed by atoms with van der Waals surface area (Å²) in [5, 5.41) is 11.9. The van der Waals surface area contributed by atoms with Crippen molar-refractivity contribution in [3.8, 4) is 6.07 Å². The van der Waals surface area contributed by atoms with Gasteiger partial charge in [0.05, 0.1) is 15.7 Å². The van der Waals surface area contributed by atoms with Crippen molar-refractivity contribution < 1.29 is 4.39 Å². The summed E-state index contributed by atoms with van der Waals surface area (Å²) in [6.45, 7) is 2.13. The zero-order valence-electron chi connectivity index (χ0n) is 11.1. The monoisotopic (exact) mass is 332 g/mol. The Morgan fingerprint density at radius 3 is 2.50 bits per heavy atom. The number of benzene rings is 2. The molecule has 0 aliphatic heterocycles. The SMILES string of the molecule is CCCc1ccc(Nc2ccc(C#N)c(Br)c2F)cc1. The van der Waals surface area contributed by atoms with Gasteiger partial charge in [-0.2, -0.15) is 5.26 Å². The normalized spacial score (nSPS) is 10.1. The minimum Gasteiger partial charge on any atom is -0.353 e. The van der Waals surface area contributed by atoms with Gasteiger partial charge in [0.25, 0.3) is 0 Å². The number of anilines is 2. The molecule has 2 rings (SSSR count). The third-order valence-corrected chi connectivity index (χ3v) is 3.75. The highest BCUT2D eigenvalue weighted by Crippen LogP contribution is 2.28. The first-order chi connectivity index (χ1) is 9.65. The van der Waals surface area contributed by atoms with E-state index in [9.17, 15) is 4.39 Å². The Hall–Kier alpha value is -1.86. The standard InChI is InChI=1S/C16H14BrFN2/c1-2-3-11-4-7-13(8-5-11)20-14-9-6-12(10-19)15(17)16(14)18/h4-9,20H,2-3H2,1H3. The summed E-state index contributed by atoms with van der Waals surface area (Å²) in [5.41, 5.74) is 2.71. The Balaban J connectivity index is 2.22. The highest BCUT2D eigenvalue weighted by molar-refractivity contribution is 9.10. The lowest BCUT2D eigenvalue weighted by Gasteiger charge is -2.10. The molecule has 0 spiro atoms. The molecule has 1 N–H and O–H groups in total. The number of nitrogens with zero attached hydrogens (tertiary/aromatic N) is 1. The Labute approximate surface area is 126 Å². The Morgan fingerprint density at radius 1 is 1.20 bits per heavy atom. The number of aryl methyl sites for hydroxylation is 1. The van der Waals surface area contributed by atoms with E-state index in [0.717, 1.165) is 18.5 Å². The first-order valence-electron chi connectivity index (χ1n) is 6.39. The van der Waals surface area contributed by atoms with Crippen LogP contribution in [0.3, 0.4) is 0 Å². The third kappa shape index (κ3) is 3.17. The predicted octanol–water partition coefficient (Wildman–Crippen LogP) is 5.16. The van der Waals surface area contributed by atoms with Crippen LogP contribution >= 0.6 is 15.9 Å². The fourth-order valence-corrected chi connectivity index (χ4v) is 2.37. The van der Waals surface area contributed by atoms with Crippen LogP contribution in [0.2, 0.25) is 0 Å². The second kappa shape index (κ2) is 6.53. The fourth-order valence-electron chi connectivity index (χ4n) is 1.93. The lowest BCUT2D eigenvalue weighted by atomic mass is 10.1. The minimum absolute atomic E-state index is 0.188. The molecule has 102 valence electrons. The molecular weight excluding hydrogens is 319 g/mol. The van der Waals surface area contributed by atoms with E-state index in [2.05, 4.69) is 28.2 Å². The highest BCUT2D eigenvalue weighted by Gasteiger charge is 2.11. The van der Waals surface area contributed by atoms with Crippen LogP contribution in [0.5, 0.6) is 0 Å². The molecule has 0 aromatic heterocycles. The van der Waals surface area contributed by atoms with Gasteiger partial charge in [-0.05, 0) is 52.2 Å². The quantitative estimate of drug-likeness (QED) is 0.839. The van der Waals surface area contributed by atoms with E-state index in [0.29, 0.717) is 5.69 Å². The summed E-state index contributed by atoms with van der Waals surface area (Å²) in [6, 6.07) is 13.0. The van der Waals surface area contributed by atoms with Crippen molar-refractivity contribution in [1.29, 1.82) is 5.26 Å². The Kier molecular flexibility index (Phi) is 4.75. The molecule has 0 bridgehead atoms. The van der Waals surface area contributed by atoms with Gasteiger partial charge >= 0.3 is 0 Å². The van der Waals surface area contributed by atoms with Crippen molar-refractivity contribution >= 4 is 27.3 Å². The van der Waals surface area contributed by atoms with Crippen LogP contribution in [0, 0.1) is 17.1 Å². The van der Waals surface area contributed by atoms with Crippen LogP contribution in [-0.2, 0) is 6.42 Å². The van der Waals surface area contributed by atoms with Gasteiger partial charge in [-0.15, -0.1) is 0 Å². The molecule has 0 saturated carbocycles. The van der Waals surface area contributed by atoms with Gasteiger partial charge in [0.15, 0.2) is 5.82 Å². The molecule has 2 aromatic rings. The highest BCUT2D eigenvalue weighted by atomic mass is 79.9. The number of hydrogen-bond donors (Lipinski definition) is 1. The van der Waals surface area contributed by atoms with Crippen LogP contribution in [0.1, 0.15) is 24.5 Å². The zero-order chi connectivity index (χ0) is 14.5. The van der Waals surface area contributed by atoms with Crippen molar-refractivity contribution in [2.24, 2.45) is 0 Å². The molecule has 0 saturated heterocycles. The second-order valence-electron chi connectivity index (χ2n) is 4.47. The van der Waals surface area contributed by atoms with E-state index >= 15 is 0 Å². The second-order valence-corrected chi connectivity index (χ2v) is 5.27. The maximum atomic E-state index is 14.1. The van der Waals surface area contributed by atoms with Gasteiger partial charge in [-0.25, -0.2) is 4.39 Å². The van der Waals surface area contributed by atoms with Crippen molar-refractivity contribution in [2.45, 2.75) is 19.8 Å². The van der Waals surface area contributed by atoms with E-state index < -0.39 is 5.82 Å². The summed E-state index contributed by atoms with van der Waals surface area (Å²) in [4.78, 5) is 0. The average molecular weight is 333 g/mol. The number of nitrogens with one attached hydrogen (secondary N) is 1. The van der Waals surface area contributed by atoms with E-state index in [1.807, 2.05) is 30.3 Å². The molecule has 2 nitrogen and oxygen atoms in total. The van der Waals surface area contributed by atoms with Gasteiger partial charge in [0, 0.05) is 5.69 Å². The van der Waals surface area contributed by atoms with Gasteiger partial charge < -0.3 is 5.32 Å². The molecule has 2 aromatic carbocycles. The molecule has 0 aliphatic rings. The third-order valence-electron chi connectivity index (χ3n) is 2.97. The molecule has 4 heteroatoms. The summed E-state index contributed by atoms with van der Waals surface area (Å²) in [5.74, 6) is -0.457. The topological polar surface area (TPSA) is 35.8 Å². The average Bonchev–Trinajstić information content (AvgIpc) is 2.46. The van der Waals surface area contributed by atoms with Gasteiger partial charge in [-0.1, -0.05) is 25.5 Å². The number of hydrogen-bond acceptors (Lipinski definition) is 2. The summed E-state index contributed by atoms with van der Waals surface area (Å²) >= 11 is 3.10. The predicted molar refractivity (Wildman–Crippen MR) is 82.5 cm³/mol. The molecular formula is C16H14BrFN2. The van der Waals surface area contributed by atoms with Crippen molar-refractivity contribution in [1.82, 2.24) is 0 Å². The molecule has 0 fully saturated rings. The van der Waals surface area contributed by atoms with Gasteiger partial charge in [-0.3, -0.25) is 0 Å². The summed E-state index contributed by atoms with van der Waals surface area (Å²) in [7, 11) is 0. The summed E-state index contributed by atoms with van der Waals surface area (Å²) in [6.07, 6.45) is 2.14. The van der Waals surface area contributed by atoms with E-state index in [-0.39, 0.29) is 10.0 Å². The van der Waals surface area contributed by atoms with Crippen LogP contribution in [-0.4, -0.2) is 0 Å². The van der Waals surface area contributed by atoms with Crippen LogP contribution in [0.25, 0.3) is 0 Å². The largest absolute Gasteiger partial charge is 0.353 e. The maximum Gasteiger partial charge on any atom is 0.162 e. The first-order valence-corrected chi connectivity index (χ1v) is 7.19. The molecule has 0 aliphatic carbocycles. The molecule has 0 radical (unpaired) electrons. The fraction of sp³-hybridized carbons (Fsp3) is 0.188. The number of halogens is 2. The molecule has 0 atom stereocenters. The van der Waals surface area contributed by atoms with Gasteiger partial charge in [0.1, 0.15) is 6.07 Å². The molecule has 0 unspecified atom stereocenters. The maximum absolute atomic E-state index is 14.1. The number of nitriles is 1.